The van der Waals surface area contributed by atoms with Crippen LogP contribution < -0.4 is 0 Å². The molecule has 0 aromatic carbocycles. The summed E-state index contributed by atoms with van der Waals surface area (Å²) >= 11 is 0. The van der Waals surface area contributed by atoms with Crippen LogP contribution in [0.1, 0.15) is 106 Å². The zero-order valence-corrected chi connectivity index (χ0v) is 23.0. The monoisotopic (exact) mass is 470 g/mol. The van der Waals surface area contributed by atoms with Gasteiger partial charge in [0.05, 0.1) is 18.1 Å². The molecule has 5 aliphatic rings. The molecule has 0 radical (unpaired) electrons. The van der Waals surface area contributed by atoms with E-state index in [1.54, 1.807) is 5.57 Å². The predicted molar refractivity (Wildman–Crippen MR) is 137 cm³/mol. The number of rotatable bonds is 2. The second kappa shape index (κ2) is 7.91. The van der Waals surface area contributed by atoms with Gasteiger partial charge in [0, 0.05) is 13.5 Å². The lowest BCUT2D eigenvalue weighted by Gasteiger charge is -2.64. The Bertz CT molecular complexity index is 874. The van der Waals surface area contributed by atoms with Gasteiger partial charge in [-0.05, 0) is 103 Å². The highest BCUT2D eigenvalue weighted by Gasteiger charge is 2.63. The Morgan fingerprint density at radius 3 is 2.32 bits per heavy atom. The molecule has 9 atom stereocenters. The van der Waals surface area contributed by atoms with Gasteiger partial charge >= 0.3 is 0 Å². The summed E-state index contributed by atoms with van der Waals surface area (Å²) in [5.74, 6) is 2.60. The van der Waals surface area contributed by atoms with Crippen LogP contribution in [0.4, 0.5) is 0 Å². The average molecular weight is 471 g/mol. The van der Waals surface area contributed by atoms with Crippen molar-refractivity contribution in [2.24, 2.45) is 50.7 Å². The van der Waals surface area contributed by atoms with Crippen LogP contribution in [0.15, 0.2) is 11.6 Å². The van der Waals surface area contributed by atoms with Crippen LogP contribution >= 0.6 is 0 Å². The third kappa shape index (κ3) is 3.17. The third-order valence-electron chi connectivity index (χ3n) is 13.0. The van der Waals surface area contributed by atoms with Crippen LogP contribution in [0, 0.1) is 50.7 Å². The summed E-state index contributed by atoms with van der Waals surface area (Å²) in [5.41, 5.74) is 2.23. The molecule has 0 saturated heterocycles. The quantitative estimate of drug-likeness (QED) is 0.443. The van der Waals surface area contributed by atoms with Gasteiger partial charge in [0.1, 0.15) is 5.78 Å². The Morgan fingerprint density at radius 1 is 0.912 bits per heavy atom. The smallest absolute Gasteiger partial charge is 0.141 e. The van der Waals surface area contributed by atoms with Crippen molar-refractivity contribution in [3.8, 4) is 0 Å². The number of fused-ring (bicyclic) bond motifs is 6. The first-order valence-electron chi connectivity index (χ1n) is 14.2. The lowest BCUT2D eigenvalue weighted by atomic mass is 9.42. The number of hydrogen-bond donors (Lipinski definition) is 1. The van der Waals surface area contributed by atoms with E-state index >= 15 is 0 Å². The maximum absolute atomic E-state index is 12.9. The normalized spacial score (nSPS) is 52.4. The topological polar surface area (TPSA) is 46.5 Å². The SMILES string of the molecule is CO[C@H]1CC[C@@]2(C)[C@@H](CC[C@@]3(C)CC4=CC[C@@H]5[C@](C)(CCC(=O)[C@]5(C)CO)[C@H]4CC[C@@H]32)C1(C)C. The van der Waals surface area contributed by atoms with E-state index in [0.717, 1.165) is 24.7 Å². The van der Waals surface area contributed by atoms with Crippen LogP contribution in [0.2, 0.25) is 0 Å². The van der Waals surface area contributed by atoms with E-state index in [-0.39, 0.29) is 29.1 Å². The van der Waals surface area contributed by atoms with Crippen LogP contribution in [0.3, 0.4) is 0 Å². The minimum atomic E-state index is -0.572. The van der Waals surface area contributed by atoms with E-state index in [1.807, 2.05) is 7.11 Å². The van der Waals surface area contributed by atoms with Gasteiger partial charge in [-0.25, -0.2) is 0 Å². The van der Waals surface area contributed by atoms with E-state index in [1.165, 1.54) is 44.9 Å². The molecule has 5 aliphatic carbocycles. The number of carbonyl (C=O) groups excluding carboxylic acids is 1. The van der Waals surface area contributed by atoms with E-state index in [4.69, 9.17) is 4.74 Å². The predicted octanol–water partition coefficient (Wildman–Crippen LogP) is 6.97. The van der Waals surface area contributed by atoms with E-state index in [0.29, 0.717) is 29.3 Å². The summed E-state index contributed by atoms with van der Waals surface area (Å²) in [6, 6.07) is 0. The Morgan fingerprint density at radius 2 is 1.65 bits per heavy atom. The molecule has 0 unspecified atom stereocenters. The van der Waals surface area contributed by atoms with Crippen molar-refractivity contribution in [1.29, 1.82) is 0 Å². The molecule has 0 bridgehead atoms. The number of aliphatic hydroxyl groups excluding tert-OH is 1. The van der Waals surface area contributed by atoms with Gasteiger partial charge in [0.2, 0.25) is 0 Å². The highest BCUT2D eigenvalue weighted by molar-refractivity contribution is 5.86. The summed E-state index contributed by atoms with van der Waals surface area (Å²) in [4.78, 5) is 12.9. The first kappa shape index (κ1) is 25.0. The second-order valence-corrected chi connectivity index (χ2v) is 14.8. The van der Waals surface area contributed by atoms with Crippen molar-refractivity contribution in [3.05, 3.63) is 11.6 Å². The molecule has 0 aromatic heterocycles. The maximum Gasteiger partial charge on any atom is 0.141 e. The fourth-order valence-electron chi connectivity index (χ4n) is 11.2. The van der Waals surface area contributed by atoms with Crippen LogP contribution in [-0.2, 0) is 9.53 Å². The Kier molecular flexibility index (Phi) is 5.82. The minimum absolute atomic E-state index is 0.00216. The Labute approximate surface area is 208 Å². The maximum atomic E-state index is 12.9. The molecule has 3 heteroatoms. The number of Topliss-reactive ketones (excluding diaryl/α,β-unsaturated/α-hetero) is 1. The van der Waals surface area contributed by atoms with Gasteiger partial charge in [-0.2, -0.15) is 0 Å². The zero-order chi connectivity index (χ0) is 24.7. The number of methoxy groups -OCH3 is 1. The van der Waals surface area contributed by atoms with Gasteiger partial charge in [0.25, 0.3) is 0 Å². The first-order valence-corrected chi connectivity index (χ1v) is 14.2. The lowest BCUT2D eigenvalue weighted by Crippen LogP contribution is -2.58. The minimum Gasteiger partial charge on any atom is -0.395 e. The van der Waals surface area contributed by atoms with Crippen molar-refractivity contribution in [2.45, 2.75) is 112 Å². The molecule has 4 saturated carbocycles. The Balaban J connectivity index is 1.50. The van der Waals surface area contributed by atoms with Crippen LogP contribution in [0.5, 0.6) is 0 Å². The molecular formula is C31H50O3. The largest absolute Gasteiger partial charge is 0.395 e. The molecule has 0 spiro atoms. The zero-order valence-electron chi connectivity index (χ0n) is 23.0. The van der Waals surface area contributed by atoms with E-state index in [9.17, 15) is 9.90 Å². The summed E-state index contributed by atoms with van der Waals surface area (Å²) < 4.78 is 6.02. The molecule has 192 valence electrons. The molecular weight excluding hydrogens is 420 g/mol. The number of allylic oxidation sites excluding steroid dienone is 2. The average Bonchev–Trinajstić information content (AvgIpc) is 2.93. The molecule has 1 N–H and O–H groups in total. The van der Waals surface area contributed by atoms with Gasteiger partial charge < -0.3 is 9.84 Å². The molecule has 3 nitrogen and oxygen atoms in total. The van der Waals surface area contributed by atoms with Crippen molar-refractivity contribution < 1.29 is 14.6 Å². The number of carbonyl (C=O) groups is 1. The van der Waals surface area contributed by atoms with Gasteiger partial charge in [-0.1, -0.05) is 53.2 Å². The van der Waals surface area contributed by atoms with Gasteiger partial charge in [0.15, 0.2) is 0 Å². The fourth-order valence-corrected chi connectivity index (χ4v) is 11.2. The number of hydrogen-bond acceptors (Lipinski definition) is 3. The molecule has 5 rings (SSSR count). The molecule has 0 amide bonds. The van der Waals surface area contributed by atoms with Crippen molar-refractivity contribution in [2.75, 3.05) is 13.7 Å². The number of aliphatic hydroxyl groups is 1. The molecule has 0 aliphatic heterocycles. The molecule has 4 fully saturated rings. The molecule has 0 aromatic rings. The number of ketones is 1. The lowest BCUT2D eigenvalue weighted by molar-refractivity contribution is -0.177. The van der Waals surface area contributed by atoms with Gasteiger partial charge in [-0.15, -0.1) is 0 Å². The molecule has 34 heavy (non-hydrogen) atoms. The van der Waals surface area contributed by atoms with E-state index < -0.39 is 5.41 Å². The summed E-state index contributed by atoms with van der Waals surface area (Å²) in [6.07, 6.45) is 14.5. The summed E-state index contributed by atoms with van der Waals surface area (Å²) in [6.45, 7) is 14.7. The fraction of sp³-hybridized carbons (Fsp3) is 0.903. The second-order valence-electron chi connectivity index (χ2n) is 14.8. The standard InChI is InChI=1S/C31H50O3/c1-27(2)22-12-15-28(3)18-20-8-10-24-29(4,16-13-25(33)31(24,6)19-32)21(20)9-11-23(28)30(22,5)17-14-26(27)34-7/h8,21-24,26,32H,9-19H2,1-7H3/t21-,22-,23-,24+,26-,28-,29+,30-,31+/m0/s1. The van der Waals surface area contributed by atoms with Crippen molar-refractivity contribution >= 4 is 5.78 Å². The summed E-state index contributed by atoms with van der Waals surface area (Å²) in [7, 11) is 1.91. The Hall–Kier alpha value is -0.670. The highest BCUT2D eigenvalue weighted by atomic mass is 16.5. The first-order chi connectivity index (χ1) is 15.9. The van der Waals surface area contributed by atoms with Crippen LogP contribution in [0.25, 0.3) is 0 Å². The third-order valence-corrected chi connectivity index (χ3v) is 13.0. The van der Waals surface area contributed by atoms with Gasteiger partial charge in [-0.3, -0.25) is 4.79 Å². The van der Waals surface area contributed by atoms with Crippen molar-refractivity contribution in [3.63, 3.8) is 0 Å². The number of ether oxygens (including phenoxy) is 1. The molecule has 0 heterocycles. The highest BCUT2D eigenvalue weighted by Crippen LogP contribution is 2.70. The van der Waals surface area contributed by atoms with Crippen LogP contribution in [-0.4, -0.2) is 30.7 Å². The van der Waals surface area contributed by atoms with Crippen molar-refractivity contribution in [1.82, 2.24) is 0 Å². The summed E-state index contributed by atoms with van der Waals surface area (Å²) in [5, 5.41) is 10.3. The van der Waals surface area contributed by atoms with E-state index in [2.05, 4.69) is 47.6 Å².